The Morgan fingerprint density at radius 2 is 1.96 bits per heavy atom. The first-order valence-corrected chi connectivity index (χ1v) is 9.05. The highest BCUT2D eigenvalue weighted by atomic mass is 16.3. The second-order valence-electron chi connectivity index (χ2n) is 7.09. The fraction of sp³-hybridized carbons (Fsp3) is 0.450. The molecule has 0 bridgehead atoms. The van der Waals surface area contributed by atoms with Gasteiger partial charge in [0.2, 0.25) is 0 Å². The van der Waals surface area contributed by atoms with E-state index in [-0.39, 0.29) is 17.9 Å². The summed E-state index contributed by atoms with van der Waals surface area (Å²) in [6.45, 7) is 0.544. The lowest BCUT2D eigenvalue weighted by molar-refractivity contribution is -0.110. The van der Waals surface area contributed by atoms with Crippen molar-refractivity contribution in [1.29, 1.82) is 0 Å². The average molecular weight is 337 g/mol. The fourth-order valence-electron chi connectivity index (χ4n) is 4.58. The number of likely N-dealkylation sites (tertiary alicyclic amines) is 1. The van der Waals surface area contributed by atoms with Gasteiger partial charge in [0.1, 0.15) is 5.69 Å². The number of aromatic nitrogens is 2. The van der Waals surface area contributed by atoms with Crippen LogP contribution in [-0.4, -0.2) is 38.5 Å². The van der Waals surface area contributed by atoms with Gasteiger partial charge in [-0.05, 0) is 24.8 Å². The lowest BCUT2D eigenvalue weighted by Gasteiger charge is -2.52. The first-order chi connectivity index (χ1) is 12.2. The van der Waals surface area contributed by atoms with Gasteiger partial charge in [-0.1, -0.05) is 43.2 Å². The first-order valence-electron chi connectivity index (χ1n) is 9.05. The summed E-state index contributed by atoms with van der Waals surface area (Å²) in [5.41, 5.74) is 0.501. The Morgan fingerprint density at radius 1 is 1.16 bits per heavy atom. The molecule has 1 aromatic heterocycles. The topological polar surface area (TPSA) is 66.3 Å². The van der Waals surface area contributed by atoms with Crippen LogP contribution in [0.2, 0.25) is 0 Å². The van der Waals surface area contributed by atoms with E-state index in [2.05, 4.69) is 9.97 Å². The van der Waals surface area contributed by atoms with Crippen molar-refractivity contribution in [3.8, 4) is 0 Å². The summed E-state index contributed by atoms with van der Waals surface area (Å²) in [5, 5.41) is 11.5. The third kappa shape index (κ3) is 2.82. The minimum absolute atomic E-state index is 0.0576. The number of piperidine rings is 1. The van der Waals surface area contributed by atoms with Gasteiger partial charge in [-0.3, -0.25) is 9.78 Å². The molecule has 25 heavy (non-hydrogen) atoms. The monoisotopic (exact) mass is 337 g/mol. The minimum Gasteiger partial charge on any atom is -0.385 e. The number of amides is 1. The van der Waals surface area contributed by atoms with Crippen LogP contribution in [0.3, 0.4) is 0 Å². The molecular weight excluding hydrogens is 314 g/mol. The Balaban J connectivity index is 1.66. The Kier molecular flexibility index (Phi) is 4.25. The molecule has 1 amide bonds. The van der Waals surface area contributed by atoms with Gasteiger partial charge in [-0.25, -0.2) is 4.98 Å². The van der Waals surface area contributed by atoms with Crippen LogP contribution in [0.1, 0.15) is 48.2 Å². The molecule has 1 saturated heterocycles. The maximum Gasteiger partial charge on any atom is 0.274 e. The quantitative estimate of drug-likeness (QED) is 0.915. The van der Waals surface area contributed by atoms with E-state index in [0.29, 0.717) is 18.7 Å². The van der Waals surface area contributed by atoms with Gasteiger partial charge in [-0.2, -0.15) is 0 Å². The zero-order chi connectivity index (χ0) is 17.3. The molecule has 4 rings (SSSR count). The number of hydrogen-bond acceptors (Lipinski definition) is 4. The van der Waals surface area contributed by atoms with Crippen molar-refractivity contribution in [3.63, 3.8) is 0 Å². The molecule has 0 radical (unpaired) electrons. The van der Waals surface area contributed by atoms with Crippen LogP contribution in [0.5, 0.6) is 0 Å². The van der Waals surface area contributed by atoms with E-state index >= 15 is 0 Å². The number of carbonyl (C=O) groups excluding carboxylic acids is 1. The van der Waals surface area contributed by atoms with Crippen molar-refractivity contribution in [2.75, 3.05) is 6.54 Å². The van der Waals surface area contributed by atoms with Crippen molar-refractivity contribution < 1.29 is 9.90 Å². The minimum atomic E-state index is -0.856. The molecule has 1 aromatic carbocycles. The molecule has 1 aliphatic heterocycles. The summed E-state index contributed by atoms with van der Waals surface area (Å²) >= 11 is 0. The van der Waals surface area contributed by atoms with Crippen LogP contribution < -0.4 is 0 Å². The van der Waals surface area contributed by atoms with Crippen molar-refractivity contribution in [1.82, 2.24) is 14.9 Å². The molecule has 2 aliphatic rings. The van der Waals surface area contributed by atoms with Crippen LogP contribution in [0.25, 0.3) is 0 Å². The molecule has 130 valence electrons. The molecule has 1 aliphatic carbocycles. The number of carbonyl (C=O) groups is 1. The van der Waals surface area contributed by atoms with Crippen molar-refractivity contribution in [2.45, 2.75) is 43.7 Å². The third-order valence-corrected chi connectivity index (χ3v) is 5.79. The summed E-state index contributed by atoms with van der Waals surface area (Å²) < 4.78 is 0. The SMILES string of the molecule is O=C(c1cnccn1)N1CC[C@@](O)(c2ccccc2)[C@@H]2CCCCC21. The maximum absolute atomic E-state index is 12.9. The summed E-state index contributed by atoms with van der Waals surface area (Å²) in [7, 11) is 0. The number of hydrogen-bond donors (Lipinski definition) is 1. The highest BCUT2D eigenvalue weighted by Crippen LogP contribution is 2.47. The summed E-state index contributed by atoms with van der Waals surface area (Å²) in [6.07, 6.45) is 9.29. The van der Waals surface area contributed by atoms with E-state index in [4.69, 9.17) is 0 Å². The van der Waals surface area contributed by atoms with Crippen LogP contribution >= 0.6 is 0 Å². The summed E-state index contributed by atoms with van der Waals surface area (Å²) in [4.78, 5) is 23.1. The number of aliphatic hydroxyl groups is 1. The van der Waals surface area contributed by atoms with Gasteiger partial charge < -0.3 is 10.0 Å². The van der Waals surface area contributed by atoms with E-state index < -0.39 is 5.60 Å². The highest BCUT2D eigenvalue weighted by Gasteiger charge is 2.50. The molecule has 5 nitrogen and oxygen atoms in total. The Bertz CT molecular complexity index is 737. The van der Waals surface area contributed by atoms with E-state index in [9.17, 15) is 9.90 Å². The molecule has 3 atom stereocenters. The zero-order valence-corrected chi connectivity index (χ0v) is 14.2. The number of nitrogens with zero attached hydrogens (tertiary/aromatic N) is 3. The molecule has 5 heteroatoms. The van der Waals surface area contributed by atoms with Crippen molar-refractivity contribution >= 4 is 5.91 Å². The van der Waals surface area contributed by atoms with Gasteiger partial charge in [0.05, 0.1) is 11.8 Å². The predicted molar refractivity (Wildman–Crippen MR) is 93.8 cm³/mol. The van der Waals surface area contributed by atoms with Crippen LogP contribution in [-0.2, 0) is 5.60 Å². The second kappa shape index (κ2) is 6.56. The normalized spacial score (nSPS) is 29.1. The molecule has 2 aromatic rings. The van der Waals surface area contributed by atoms with Crippen LogP contribution in [0.4, 0.5) is 0 Å². The summed E-state index contributed by atoms with van der Waals surface area (Å²) in [5.74, 6) is -0.00173. The van der Waals surface area contributed by atoms with Crippen LogP contribution in [0.15, 0.2) is 48.9 Å². The lowest BCUT2D eigenvalue weighted by Crippen LogP contribution is -2.59. The molecule has 1 N–H and O–H groups in total. The number of benzene rings is 1. The molecule has 0 spiro atoms. The number of rotatable bonds is 2. The predicted octanol–water partition coefficient (Wildman–Crippen LogP) is 2.77. The van der Waals surface area contributed by atoms with Crippen LogP contribution in [0, 0.1) is 5.92 Å². The van der Waals surface area contributed by atoms with Gasteiger partial charge in [0.25, 0.3) is 5.91 Å². The number of fused-ring (bicyclic) bond motifs is 1. The highest BCUT2D eigenvalue weighted by molar-refractivity contribution is 5.92. The Labute approximate surface area is 147 Å². The van der Waals surface area contributed by atoms with Crippen molar-refractivity contribution in [2.24, 2.45) is 5.92 Å². The molecule has 1 saturated carbocycles. The van der Waals surface area contributed by atoms with E-state index in [1.807, 2.05) is 35.2 Å². The molecule has 2 heterocycles. The summed E-state index contributed by atoms with van der Waals surface area (Å²) in [6, 6.07) is 9.99. The standard InChI is InChI=1S/C20H23N3O2/c24-19(17-14-21-11-12-22-17)23-13-10-20(25,15-6-2-1-3-7-15)16-8-4-5-9-18(16)23/h1-3,6-7,11-12,14,16,18,25H,4-5,8-10,13H2/t16-,18?,20-/m1/s1. The lowest BCUT2D eigenvalue weighted by atomic mass is 9.66. The van der Waals surface area contributed by atoms with E-state index in [0.717, 1.165) is 31.2 Å². The molecule has 2 fully saturated rings. The van der Waals surface area contributed by atoms with Gasteiger partial charge in [-0.15, -0.1) is 0 Å². The Hall–Kier alpha value is -2.27. The fourth-order valence-corrected chi connectivity index (χ4v) is 4.58. The van der Waals surface area contributed by atoms with E-state index in [1.54, 1.807) is 12.4 Å². The largest absolute Gasteiger partial charge is 0.385 e. The van der Waals surface area contributed by atoms with E-state index in [1.165, 1.54) is 6.20 Å². The Morgan fingerprint density at radius 3 is 2.72 bits per heavy atom. The smallest absolute Gasteiger partial charge is 0.274 e. The van der Waals surface area contributed by atoms with Gasteiger partial charge >= 0.3 is 0 Å². The second-order valence-corrected chi connectivity index (χ2v) is 7.09. The zero-order valence-electron chi connectivity index (χ0n) is 14.2. The average Bonchev–Trinajstić information content (AvgIpc) is 2.69. The first kappa shape index (κ1) is 16.2. The maximum atomic E-state index is 12.9. The third-order valence-electron chi connectivity index (χ3n) is 5.79. The molecule has 1 unspecified atom stereocenters. The van der Waals surface area contributed by atoms with Gasteiger partial charge in [0.15, 0.2) is 0 Å². The molecular formula is C20H23N3O2. The van der Waals surface area contributed by atoms with Crippen molar-refractivity contribution in [3.05, 3.63) is 60.2 Å². The van der Waals surface area contributed by atoms with Gasteiger partial charge in [0, 0.05) is 30.9 Å².